The number of aromatic nitrogens is 2. The zero-order chi connectivity index (χ0) is 18.5. The van der Waals surface area contributed by atoms with Crippen LogP contribution < -0.4 is 5.32 Å². The number of anilines is 1. The van der Waals surface area contributed by atoms with Crippen LogP contribution in [0.5, 0.6) is 0 Å². The summed E-state index contributed by atoms with van der Waals surface area (Å²) in [4.78, 5) is 15.1. The first-order valence-corrected chi connectivity index (χ1v) is 9.51. The van der Waals surface area contributed by atoms with Crippen molar-refractivity contribution in [1.82, 2.24) is 14.7 Å². The number of rotatable bonds is 3. The maximum absolute atomic E-state index is 13.2. The van der Waals surface area contributed by atoms with Gasteiger partial charge in [0.1, 0.15) is 11.3 Å². The second-order valence-electron chi connectivity index (χ2n) is 7.07. The number of benzene rings is 2. The Morgan fingerprint density at radius 2 is 1.78 bits per heavy atom. The average Bonchev–Trinajstić information content (AvgIpc) is 3.47. The second kappa shape index (κ2) is 6.13. The van der Waals surface area contributed by atoms with Gasteiger partial charge in [0.25, 0.3) is 5.91 Å². The van der Waals surface area contributed by atoms with Gasteiger partial charge in [-0.05, 0) is 44.0 Å². The van der Waals surface area contributed by atoms with Gasteiger partial charge in [-0.15, -0.1) is 0 Å². The lowest BCUT2D eigenvalue weighted by molar-refractivity contribution is 0.0666. The zero-order valence-corrected chi connectivity index (χ0v) is 15.6. The van der Waals surface area contributed by atoms with Crippen molar-refractivity contribution in [2.24, 2.45) is 0 Å². The maximum atomic E-state index is 13.2. The fourth-order valence-corrected chi connectivity index (χ4v) is 4.15. The second-order valence-corrected chi connectivity index (χ2v) is 7.43. The Hall–Kier alpha value is -2.79. The standard InChI is InChI=1S/C21H19ClN4O/c1-13-18(19(22)26(24-13)15-7-3-2-4-8-15)20-23-17-10-6-5-9-16(17)21(27)25(20)14-11-12-14/h2-10,14,20,23H,11-12H2,1H3/t20-/m0/s1. The molecule has 1 aliphatic heterocycles. The number of fused-ring (bicyclic) bond motifs is 1. The number of carbonyl (C=O) groups excluding carboxylic acids is 1. The van der Waals surface area contributed by atoms with Gasteiger partial charge in [-0.1, -0.05) is 41.9 Å². The molecule has 1 aromatic heterocycles. The van der Waals surface area contributed by atoms with E-state index in [0.717, 1.165) is 35.5 Å². The highest BCUT2D eigenvalue weighted by Crippen LogP contribution is 2.43. The Kier molecular flexibility index (Phi) is 3.72. The van der Waals surface area contributed by atoms with E-state index in [1.54, 1.807) is 4.68 Å². The molecule has 1 amide bonds. The average molecular weight is 379 g/mol. The lowest BCUT2D eigenvalue weighted by Gasteiger charge is -2.38. The van der Waals surface area contributed by atoms with Gasteiger partial charge in [-0.2, -0.15) is 5.10 Å². The highest BCUT2D eigenvalue weighted by molar-refractivity contribution is 6.30. The van der Waals surface area contributed by atoms with Crippen LogP contribution in [0.3, 0.4) is 0 Å². The van der Waals surface area contributed by atoms with Crippen LogP contribution in [0.4, 0.5) is 5.69 Å². The quantitative estimate of drug-likeness (QED) is 0.726. The van der Waals surface area contributed by atoms with Crippen molar-refractivity contribution in [1.29, 1.82) is 0 Å². The summed E-state index contributed by atoms with van der Waals surface area (Å²) < 4.78 is 1.74. The van der Waals surface area contributed by atoms with Gasteiger partial charge in [0.2, 0.25) is 0 Å². The van der Waals surface area contributed by atoms with E-state index in [0.29, 0.717) is 10.7 Å². The minimum Gasteiger partial charge on any atom is -0.361 e. The number of amides is 1. The fraction of sp³-hybridized carbons (Fsp3) is 0.238. The van der Waals surface area contributed by atoms with E-state index < -0.39 is 0 Å². The van der Waals surface area contributed by atoms with Crippen LogP contribution in [-0.4, -0.2) is 26.6 Å². The van der Waals surface area contributed by atoms with E-state index in [4.69, 9.17) is 11.6 Å². The van der Waals surface area contributed by atoms with Gasteiger partial charge in [-0.3, -0.25) is 4.79 Å². The van der Waals surface area contributed by atoms with Crippen molar-refractivity contribution in [3.8, 4) is 5.69 Å². The molecule has 1 fully saturated rings. The topological polar surface area (TPSA) is 50.2 Å². The van der Waals surface area contributed by atoms with Gasteiger partial charge in [0, 0.05) is 11.7 Å². The number of halogens is 1. The van der Waals surface area contributed by atoms with Crippen molar-refractivity contribution in [3.63, 3.8) is 0 Å². The molecule has 1 atom stereocenters. The van der Waals surface area contributed by atoms with Gasteiger partial charge in [0.15, 0.2) is 0 Å². The largest absolute Gasteiger partial charge is 0.361 e. The summed E-state index contributed by atoms with van der Waals surface area (Å²) in [5, 5.41) is 8.72. The highest BCUT2D eigenvalue weighted by atomic mass is 35.5. The summed E-state index contributed by atoms with van der Waals surface area (Å²) >= 11 is 6.79. The molecule has 3 aromatic rings. The van der Waals surface area contributed by atoms with Crippen LogP contribution in [0, 0.1) is 6.92 Å². The first-order valence-electron chi connectivity index (χ1n) is 9.14. The van der Waals surface area contributed by atoms with Gasteiger partial charge in [0.05, 0.1) is 22.5 Å². The highest BCUT2D eigenvalue weighted by Gasteiger charge is 2.44. The van der Waals surface area contributed by atoms with Crippen molar-refractivity contribution >= 4 is 23.2 Å². The third-order valence-electron chi connectivity index (χ3n) is 5.22. The number of para-hydroxylation sites is 2. The Morgan fingerprint density at radius 1 is 1.07 bits per heavy atom. The van der Waals surface area contributed by atoms with Crippen molar-refractivity contribution < 1.29 is 4.79 Å². The number of hydrogen-bond acceptors (Lipinski definition) is 3. The summed E-state index contributed by atoms with van der Waals surface area (Å²) in [6.45, 7) is 1.94. The number of aryl methyl sites for hydroxylation is 1. The molecular weight excluding hydrogens is 360 g/mol. The molecular formula is C21H19ClN4O. The molecule has 2 aliphatic rings. The molecule has 27 heavy (non-hydrogen) atoms. The number of hydrogen-bond donors (Lipinski definition) is 1. The SMILES string of the molecule is Cc1nn(-c2ccccc2)c(Cl)c1[C@H]1Nc2ccccc2C(=O)N1C1CC1. The summed E-state index contributed by atoms with van der Waals surface area (Å²) in [5.74, 6) is 0.0553. The molecule has 0 spiro atoms. The van der Waals surface area contributed by atoms with Crippen molar-refractivity contribution in [3.05, 3.63) is 76.6 Å². The molecule has 2 aromatic carbocycles. The van der Waals surface area contributed by atoms with E-state index in [1.165, 1.54) is 0 Å². The molecule has 6 heteroatoms. The summed E-state index contributed by atoms with van der Waals surface area (Å²) in [6.07, 6.45) is 1.73. The van der Waals surface area contributed by atoms with E-state index in [9.17, 15) is 4.79 Å². The van der Waals surface area contributed by atoms with Crippen molar-refractivity contribution in [2.75, 3.05) is 5.32 Å². The Balaban J connectivity index is 1.63. The first-order chi connectivity index (χ1) is 13.1. The van der Waals surface area contributed by atoms with Crippen molar-refractivity contribution in [2.45, 2.75) is 32.0 Å². The molecule has 1 aliphatic carbocycles. The van der Waals surface area contributed by atoms with Gasteiger partial charge >= 0.3 is 0 Å². The van der Waals surface area contributed by atoms with Crippen LogP contribution in [0.2, 0.25) is 5.15 Å². The molecule has 0 saturated heterocycles. The Bertz CT molecular complexity index is 1030. The van der Waals surface area contributed by atoms with Gasteiger partial charge in [-0.25, -0.2) is 4.68 Å². The fourth-order valence-electron chi connectivity index (χ4n) is 3.77. The van der Waals surface area contributed by atoms with E-state index in [-0.39, 0.29) is 18.1 Å². The molecule has 1 N–H and O–H groups in total. The summed E-state index contributed by atoms with van der Waals surface area (Å²) in [5.41, 5.74) is 4.13. The molecule has 5 rings (SSSR count). The van der Waals surface area contributed by atoms with Gasteiger partial charge < -0.3 is 10.2 Å². The summed E-state index contributed by atoms with van der Waals surface area (Å²) in [7, 11) is 0. The van der Waals surface area contributed by atoms with E-state index in [2.05, 4.69) is 10.4 Å². The van der Waals surface area contributed by atoms with E-state index in [1.807, 2.05) is 66.4 Å². The Morgan fingerprint density at radius 3 is 2.52 bits per heavy atom. The van der Waals surface area contributed by atoms with E-state index >= 15 is 0 Å². The molecule has 5 nitrogen and oxygen atoms in total. The monoisotopic (exact) mass is 378 g/mol. The molecule has 1 saturated carbocycles. The molecule has 0 unspecified atom stereocenters. The van der Waals surface area contributed by atoms with Crippen LogP contribution in [0.15, 0.2) is 54.6 Å². The lowest BCUT2D eigenvalue weighted by Crippen LogP contribution is -2.44. The minimum atomic E-state index is -0.315. The number of nitrogens with one attached hydrogen (secondary N) is 1. The third-order valence-corrected chi connectivity index (χ3v) is 5.59. The smallest absolute Gasteiger partial charge is 0.258 e. The number of carbonyl (C=O) groups is 1. The van der Waals surface area contributed by atoms with Crippen LogP contribution in [0.1, 0.15) is 40.6 Å². The lowest BCUT2D eigenvalue weighted by atomic mass is 10.0. The maximum Gasteiger partial charge on any atom is 0.258 e. The number of nitrogens with zero attached hydrogens (tertiary/aromatic N) is 3. The predicted molar refractivity (Wildman–Crippen MR) is 105 cm³/mol. The first kappa shape index (κ1) is 16.4. The zero-order valence-electron chi connectivity index (χ0n) is 14.9. The molecule has 136 valence electrons. The predicted octanol–water partition coefficient (Wildman–Crippen LogP) is 4.56. The Labute approximate surface area is 162 Å². The normalized spacial score (nSPS) is 19.0. The molecule has 0 bridgehead atoms. The van der Waals surface area contributed by atoms with Crippen LogP contribution in [-0.2, 0) is 0 Å². The molecule has 0 radical (unpaired) electrons. The molecule has 2 heterocycles. The third kappa shape index (κ3) is 2.61. The van der Waals surface area contributed by atoms with Crippen LogP contribution in [0.25, 0.3) is 5.69 Å². The minimum absolute atomic E-state index is 0.0553. The van der Waals surface area contributed by atoms with Crippen LogP contribution >= 0.6 is 11.6 Å². The summed E-state index contributed by atoms with van der Waals surface area (Å²) in [6, 6.07) is 17.7.